The summed E-state index contributed by atoms with van der Waals surface area (Å²) in [5, 5.41) is 12.9. The van der Waals surface area contributed by atoms with E-state index in [0.717, 1.165) is 50.8 Å². The van der Waals surface area contributed by atoms with Crippen LogP contribution in [0.1, 0.15) is 25.3 Å². The first-order chi connectivity index (χ1) is 10.7. The van der Waals surface area contributed by atoms with Gasteiger partial charge in [0.25, 0.3) is 0 Å². The summed E-state index contributed by atoms with van der Waals surface area (Å²) in [5.41, 5.74) is 1.36. The Morgan fingerprint density at radius 1 is 1.45 bits per heavy atom. The van der Waals surface area contributed by atoms with Crippen LogP contribution in [0.4, 0.5) is 0 Å². The third-order valence-electron chi connectivity index (χ3n) is 4.58. The first-order valence-electron chi connectivity index (χ1n) is 8.10. The molecule has 120 valence electrons. The van der Waals surface area contributed by atoms with Gasteiger partial charge in [-0.15, -0.1) is 0 Å². The molecule has 5 heteroatoms. The first kappa shape index (κ1) is 15.2. The molecule has 1 spiro atoms. The molecule has 2 fully saturated rings. The minimum absolute atomic E-state index is 0.293. The van der Waals surface area contributed by atoms with Crippen LogP contribution in [-0.4, -0.2) is 48.8 Å². The molecule has 5 nitrogen and oxygen atoms in total. The molecule has 0 aromatic heterocycles. The van der Waals surface area contributed by atoms with Gasteiger partial charge in [0.15, 0.2) is 5.96 Å². The van der Waals surface area contributed by atoms with Crippen LogP contribution < -0.4 is 5.32 Å². The number of nitrogens with one attached hydrogen (secondary N) is 1. The van der Waals surface area contributed by atoms with Crippen LogP contribution in [0, 0.1) is 5.41 Å². The number of nitrogens with zero attached hydrogens (tertiary/aromatic N) is 2. The molecule has 0 radical (unpaired) electrons. The quantitative estimate of drug-likeness (QED) is 0.662. The van der Waals surface area contributed by atoms with Crippen LogP contribution in [0.25, 0.3) is 0 Å². The molecule has 2 heterocycles. The Labute approximate surface area is 132 Å². The monoisotopic (exact) mass is 303 g/mol. The van der Waals surface area contributed by atoms with Crippen molar-refractivity contribution in [1.29, 1.82) is 0 Å². The third-order valence-corrected chi connectivity index (χ3v) is 4.58. The van der Waals surface area contributed by atoms with E-state index in [1.807, 2.05) is 12.1 Å². The number of phenolic OH excluding ortho intramolecular Hbond substituents is 1. The summed E-state index contributed by atoms with van der Waals surface area (Å²) in [6.45, 7) is 7.37. The van der Waals surface area contributed by atoms with Gasteiger partial charge in [-0.3, -0.25) is 0 Å². The largest absolute Gasteiger partial charge is 0.508 e. The maximum Gasteiger partial charge on any atom is 0.194 e. The summed E-state index contributed by atoms with van der Waals surface area (Å²) in [6.07, 6.45) is 2.35. The van der Waals surface area contributed by atoms with E-state index in [2.05, 4.69) is 17.1 Å². The van der Waals surface area contributed by atoms with Crippen LogP contribution in [0.5, 0.6) is 5.75 Å². The van der Waals surface area contributed by atoms with E-state index in [4.69, 9.17) is 9.73 Å². The van der Waals surface area contributed by atoms with E-state index in [9.17, 15) is 5.11 Å². The van der Waals surface area contributed by atoms with Crippen LogP contribution in [0.2, 0.25) is 0 Å². The molecule has 2 saturated heterocycles. The highest BCUT2D eigenvalue weighted by Crippen LogP contribution is 2.38. The van der Waals surface area contributed by atoms with Crippen LogP contribution in [-0.2, 0) is 11.3 Å². The lowest BCUT2D eigenvalue weighted by molar-refractivity contribution is 0.156. The van der Waals surface area contributed by atoms with E-state index >= 15 is 0 Å². The zero-order valence-corrected chi connectivity index (χ0v) is 13.2. The van der Waals surface area contributed by atoms with Crippen molar-refractivity contribution in [2.75, 3.05) is 32.8 Å². The molecular weight excluding hydrogens is 278 g/mol. The van der Waals surface area contributed by atoms with E-state index in [-0.39, 0.29) is 0 Å². The van der Waals surface area contributed by atoms with Crippen molar-refractivity contribution in [2.45, 2.75) is 26.3 Å². The van der Waals surface area contributed by atoms with E-state index in [0.29, 0.717) is 17.7 Å². The maximum absolute atomic E-state index is 9.54. The van der Waals surface area contributed by atoms with Crippen molar-refractivity contribution >= 4 is 5.96 Å². The number of rotatable bonds is 3. The molecule has 1 aromatic carbocycles. The van der Waals surface area contributed by atoms with Gasteiger partial charge in [-0.2, -0.15) is 0 Å². The topological polar surface area (TPSA) is 57.1 Å². The van der Waals surface area contributed by atoms with Crippen molar-refractivity contribution in [1.82, 2.24) is 10.2 Å². The summed E-state index contributed by atoms with van der Waals surface area (Å²) in [6, 6.07) is 7.29. The summed E-state index contributed by atoms with van der Waals surface area (Å²) in [4.78, 5) is 7.09. The van der Waals surface area contributed by atoms with Crippen molar-refractivity contribution in [2.24, 2.45) is 10.4 Å². The predicted octanol–water partition coefficient (Wildman–Crippen LogP) is 1.97. The smallest absolute Gasteiger partial charge is 0.194 e. The molecule has 2 N–H and O–H groups in total. The standard InChI is InChI=1S/C17H25N3O2/c1-2-18-16(19-11-14-4-3-5-15(21)10-14)20-8-6-17(12-20)7-9-22-13-17/h3-5,10,21H,2,6-9,11-13H2,1H3,(H,18,19). The maximum atomic E-state index is 9.54. The fourth-order valence-electron chi connectivity index (χ4n) is 3.33. The minimum atomic E-state index is 0.293. The van der Waals surface area contributed by atoms with Gasteiger partial charge in [0, 0.05) is 31.7 Å². The molecule has 1 atom stereocenters. The number of benzene rings is 1. The van der Waals surface area contributed by atoms with Gasteiger partial charge in [0.2, 0.25) is 0 Å². The summed E-state index contributed by atoms with van der Waals surface area (Å²) >= 11 is 0. The second-order valence-electron chi connectivity index (χ2n) is 6.31. The number of ether oxygens (including phenoxy) is 1. The SMILES string of the molecule is CCNC(=NCc1cccc(O)c1)N1CCC2(CCOC2)C1. The Kier molecular flexibility index (Phi) is 4.52. The zero-order valence-electron chi connectivity index (χ0n) is 13.2. The van der Waals surface area contributed by atoms with Crippen LogP contribution in [0.15, 0.2) is 29.3 Å². The Balaban J connectivity index is 1.68. The second-order valence-corrected chi connectivity index (χ2v) is 6.31. The lowest BCUT2D eigenvalue weighted by Crippen LogP contribution is -2.41. The molecule has 0 bridgehead atoms. The van der Waals surface area contributed by atoms with Gasteiger partial charge >= 0.3 is 0 Å². The van der Waals surface area contributed by atoms with Gasteiger partial charge in [-0.25, -0.2) is 4.99 Å². The molecule has 3 rings (SSSR count). The fourth-order valence-corrected chi connectivity index (χ4v) is 3.33. The molecule has 1 aromatic rings. The van der Waals surface area contributed by atoms with Crippen molar-refractivity contribution < 1.29 is 9.84 Å². The van der Waals surface area contributed by atoms with Gasteiger partial charge < -0.3 is 20.1 Å². The van der Waals surface area contributed by atoms with E-state index in [1.54, 1.807) is 12.1 Å². The second kappa shape index (κ2) is 6.57. The highest BCUT2D eigenvalue weighted by atomic mass is 16.5. The fraction of sp³-hybridized carbons (Fsp3) is 0.588. The Hall–Kier alpha value is -1.75. The predicted molar refractivity (Wildman–Crippen MR) is 87.0 cm³/mol. The van der Waals surface area contributed by atoms with Gasteiger partial charge in [0.05, 0.1) is 13.2 Å². The molecular formula is C17H25N3O2. The minimum Gasteiger partial charge on any atom is -0.508 e. The number of hydrogen-bond acceptors (Lipinski definition) is 3. The average molecular weight is 303 g/mol. The third kappa shape index (κ3) is 3.35. The van der Waals surface area contributed by atoms with E-state index < -0.39 is 0 Å². The molecule has 0 aliphatic carbocycles. The van der Waals surface area contributed by atoms with Crippen molar-refractivity contribution in [3.63, 3.8) is 0 Å². The van der Waals surface area contributed by atoms with Crippen LogP contribution in [0.3, 0.4) is 0 Å². The van der Waals surface area contributed by atoms with Gasteiger partial charge in [0.1, 0.15) is 5.75 Å². The van der Waals surface area contributed by atoms with Crippen molar-refractivity contribution in [3.8, 4) is 5.75 Å². The Morgan fingerprint density at radius 3 is 3.09 bits per heavy atom. The van der Waals surface area contributed by atoms with Gasteiger partial charge in [-0.05, 0) is 37.5 Å². The Bertz CT molecular complexity index is 538. The normalized spacial score (nSPS) is 25.1. The molecule has 22 heavy (non-hydrogen) atoms. The number of guanidine groups is 1. The van der Waals surface area contributed by atoms with Gasteiger partial charge in [-0.1, -0.05) is 12.1 Å². The highest BCUT2D eigenvalue weighted by molar-refractivity contribution is 5.80. The lowest BCUT2D eigenvalue weighted by Gasteiger charge is -2.25. The lowest BCUT2D eigenvalue weighted by atomic mass is 9.87. The zero-order chi connectivity index (χ0) is 15.4. The molecule has 0 saturated carbocycles. The van der Waals surface area contributed by atoms with Crippen molar-refractivity contribution in [3.05, 3.63) is 29.8 Å². The molecule has 0 amide bonds. The average Bonchev–Trinajstić information content (AvgIpc) is 3.14. The molecule has 1 unspecified atom stereocenters. The highest BCUT2D eigenvalue weighted by Gasteiger charge is 2.42. The molecule has 2 aliphatic heterocycles. The van der Waals surface area contributed by atoms with Crippen LogP contribution >= 0.6 is 0 Å². The summed E-state index contributed by atoms with van der Waals surface area (Å²) in [5.74, 6) is 1.26. The number of likely N-dealkylation sites (tertiary alicyclic amines) is 1. The number of phenols is 1. The summed E-state index contributed by atoms with van der Waals surface area (Å²) < 4.78 is 5.60. The Morgan fingerprint density at radius 2 is 2.36 bits per heavy atom. The summed E-state index contributed by atoms with van der Waals surface area (Å²) in [7, 11) is 0. The number of hydrogen-bond donors (Lipinski definition) is 2. The number of aliphatic imine (C=N–C) groups is 1. The first-order valence-corrected chi connectivity index (χ1v) is 8.10. The van der Waals surface area contributed by atoms with E-state index in [1.165, 1.54) is 6.42 Å². The number of aromatic hydroxyl groups is 1. The molecule has 2 aliphatic rings.